The molecule has 2 aromatic carbocycles. The first-order valence-corrected chi connectivity index (χ1v) is 8.31. The number of hydrogen-bond acceptors (Lipinski definition) is 3. The van der Waals surface area contributed by atoms with Gasteiger partial charge in [-0.2, -0.15) is 0 Å². The third-order valence-electron chi connectivity index (χ3n) is 3.29. The number of hydrogen-bond donors (Lipinski definition) is 1. The topological polar surface area (TPSA) is 66.5 Å². The number of nitrogens with zero attached hydrogens (tertiary/aromatic N) is 1. The van der Waals surface area contributed by atoms with Gasteiger partial charge in [0.1, 0.15) is 5.82 Å². The van der Waals surface area contributed by atoms with Crippen LogP contribution in [-0.2, 0) is 16.6 Å². The molecule has 0 fully saturated rings. The molecule has 0 aliphatic rings. The van der Waals surface area contributed by atoms with E-state index in [0.29, 0.717) is 5.56 Å². The maximum Gasteiger partial charge on any atom is 0.254 e. The molecule has 1 N–H and O–H groups in total. The quantitative estimate of drug-likeness (QED) is 0.908. The summed E-state index contributed by atoms with van der Waals surface area (Å²) >= 11 is 0. The van der Waals surface area contributed by atoms with E-state index in [1.807, 2.05) is 0 Å². The Hall–Kier alpha value is -2.25. The summed E-state index contributed by atoms with van der Waals surface area (Å²) in [7, 11) is -0.751. The molecule has 2 rings (SSSR count). The second-order valence-electron chi connectivity index (χ2n) is 5.06. The molecule has 23 heavy (non-hydrogen) atoms. The van der Waals surface area contributed by atoms with E-state index in [-0.39, 0.29) is 17.0 Å². The molecule has 0 atom stereocenters. The van der Waals surface area contributed by atoms with E-state index in [1.54, 1.807) is 24.3 Å². The SMILES string of the molecule is CN(C)S(=O)(=O)c1ccccc1CNC(=O)c1ccccc1F. The van der Waals surface area contributed by atoms with Gasteiger partial charge in [0.2, 0.25) is 10.0 Å². The first-order chi connectivity index (χ1) is 10.8. The molecular weight excluding hydrogens is 319 g/mol. The standard InChI is InChI=1S/C16H17FN2O3S/c1-19(2)23(21,22)15-10-6-3-7-12(15)11-18-16(20)13-8-4-5-9-14(13)17/h3-10H,11H2,1-2H3,(H,18,20). The van der Waals surface area contributed by atoms with Crippen LogP contribution in [0.25, 0.3) is 0 Å². The number of amides is 1. The maximum absolute atomic E-state index is 13.6. The van der Waals surface area contributed by atoms with Crippen LogP contribution in [0.3, 0.4) is 0 Å². The molecule has 0 aliphatic carbocycles. The molecule has 0 saturated heterocycles. The normalized spacial score (nSPS) is 11.5. The van der Waals surface area contributed by atoms with Gasteiger partial charge in [-0.1, -0.05) is 30.3 Å². The molecule has 0 spiro atoms. The monoisotopic (exact) mass is 336 g/mol. The van der Waals surface area contributed by atoms with Crippen LogP contribution in [0.4, 0.5) is 4.39 Å². The Morgan fingerprint density at radius 2 is 1.70 bits per heavy atom. The zero-order valence-corrected chi connectivity index (χ0v) is 13.6. The molecule has 0 aromatic heterocycles. The third-order valence-corrected chi connectivity index (χ3v) is 5.20. The number of sulfonamides is 1. The van der Waals surface area contributed by atoms with E-state index < -0.39 is 21.7 Å². The van der Waals surface area contributed by atoms with Gasteiger partial charge < -0.3 is 5.32 Å². The smallest absolute Gasteiger partial charge is 0.254 e. The average Bonchev–Trinajstić information content (AvgIpc) is 2.53. The van der Waals surface area contributed by atoms with Crippen molar-refractivity contribution in [1.29, 1.82) is 0 Å². The number of nitrogens with one attached hydrogen (secondary N) is 1. The fraction of sp³-hybridized carbons (Fsp3) is 0.188. The highest BCUT2D eigenvalue weighted by Crippen LogP contribution is 2.18. The minimum atomic E-state index is -3.62. The van der Waals surface area contributed by atoms with E-state index in [9.17, 15) is 17.6 Å². The van der Waals surface area contributed by atoms with Crippen LogP contribution in [0.1, 0.15) is 15.9 Å². The van der Waals surface area contributed by atoms with Crippen LogP contribution >= 0.6 is 0 Å². The lowest BCUT2D eigenvalue weighted by molar-refractivity contribution is 0.0946. The summed E-state index contributed by atoms with van der Waals surface area (Å²) in [6.45, 7) is -0.0174. The summed E-state index contributed by atoms with van der Waals surface area (Å²) < 4.78 is 39.2. The van der Waals surface area contributed by atoms with Gasteiger partial charge in [0.25, 0.3) is 5.91 Å². The van der Waals surface area contributed by atoms with Crippen LogP contribution in [0, 0.1) is 5.82 Å². The fourth-order valence-electron chi connectivity index (χ4n) is 2.01. The Morgan fingerprint density at radius 3 is 2.35 bits per heavy atom. The minimum Gasteiger partial charge on any atom is -0.348 e. The lowest BCUT2D eigenvalue weighted by Crippen LogP contribution is -2.27. The first kappa shape index (κ1) is 17.1. The maximum atomic E-state index is 13.6. The molecule has 2 aromatic rings. The van der Waals surface area contributed by atoms with Crippen LogP contribution in [0.5, 0.6) is 0 Å². The van der Waals surface area contributed by atoms with E-state index in [4.69, 9.17) is 0 Å². The van der Waals surface area contributed by atoms with Crippen molar-refractivity contribution in [3.63, 3.8) is 0 Å². The van der Waals surface area contributed by atoms with E-state index >= 15 is 0 Å². The fourth-order valence-corrected chi connectivity index (χ4v) is 3.13. The second kappa shape index (κ2) is 6.89. The van der Waals surface area contributed by atoms with Gasteiger partial charge in [0.05, 0.1) is 10.5 Å². The van der Waals surface area contributed by atoms with Gasteiger partial charge in [-0.15, -0.1) is 0 Å². The highest BCUT2D eigenvalue weighted by molar-refractivity contribution is 7.89. The van der Waals surface area contributed by atoms with Gasteiger partial charge in [-0.25, -0.2) is 17.1 Å². The Kier molecular flexibility index (Phi) is 5.12. The van der Waals surface area contributed by atoms with Crippen LogP contribution in [-0.4, -0.2) is 32.7 Å². The largest absolute Gasteiger partial charge is 0.348 e. The van der Waals surface area contributed by atoms with Crippen molar-refractivity contribution >= 4 is 15.9 Å². The molecule has 0 saturated carbocycles. The average molecular weight is 336 g/mol. The van der Waals surface area contributed by atoms with E-state index in [0.717, 1.165) is 4.31 Å². The molecule has 0 bridgehead atoms. The van der Waals surface area contributed by atoms with Gasteiger partial charge in [0.15, 0.2) is 0 Å². The lowest BCUT2D eigenvalue weighted by Gasteiger charge is -2.15. The summed E-state index contributed by atoms with van der Waals surface area (Å²) in [5.41, 5.74) is 0.353. The van der Waals surface area contributed by atoms with Crippen molar-refractivity contribution in [2.24, 2.45) is 0 Å². The summed E-state index contributed by atoms with van der Waals surface area (Å²) in [6, 6.07) is 12.0. The molecule has 1 amide bonds. The van der Waals surface area contributed by atoms with Crippen molar-refractivity contribution in [2.75, 3.05) is 14.1 Å². The predicted octanol–water partition coefficient (Wildman–Crippen LogP) is 2.01. The first-order valence-electron chi connectivity index (χ1n) is 6.87. The molecule has 0 unspecified atom stereocenters. The summed E-state index contributed by atoms with van der Waals surface area (Å²) in [6.07, 6.45) is 0. The molecule has 0 aliphatic heterocycles. The Morgan fingerprint density at radius 1 is 1.09 bits per heavy atom. The Balaban J connectivity index is 2.23. The van der Waals surface area contributed by atoms with Gasteiger partial charge >= 0.3 is 0 Å². The van der Waals surface area contributed by atoms with Crippen molar-refractivity contribution in [2.45, 2.75) is 11.4 Å². The molecule has 0 radical (unpaired) electrons. The zero-order valence-electron chi connectivity index (χ0n) is 12.8. The van der Waals surface area contributed by atoms with E-state index in [1.165, 1.54) is 38.4 Å². The van der Waals surface area contributed by atoms with Gasteiger partial charge in [-0.05, 0) is 23.8 Å². The summed E-state index contributed by atoms with van der Waals surface area (Å²) in [4.78, 5) is 12.1. The lowest BCUT2D eigenvalue weighted by atomic mass is 10.2. The number of halogens is 1. The highest BCUT2D eigenvalue weighted by atomic mass is 32.2. The molecular formula is C16H17FN2O3S. The Labute approximate surface area is 134 Å². The second-order valence-corrected chi connectivity index (χ2v) is 7.18. The van der Waals surface area contributed by atoms with Crippen molar-refractivity contribution in [1.82, 2.24) is 9.62 Å². The van der Waals surface area contributed by atoms with Gasteiger partial charge in [0, 0.05) is 20.6 Å². The number of rotatable bonds is 5. The minimum absolute atomic E-state index is 0.0174. The molecule has 0 heterocycles. The van der Waals surface area contributed by atoms with Crippen molar-refractivity contribution in [3.8, 4) is 0 Å². The van der Waals surface area contributed by atoms with Crippen molar-refractivity contribution in [3.05, 3.63) is 65.5 Å². The predicted molar refractivity (Wildman–Crippen MR) is 84.9 cm³/mol. The van der Waals surface area contributed by atoms with Crippen LogP contribution in [0.2, 0.25) is 0 Å². The zero-order chi connectivity index (χ0) is 17.0. The molecule has 7 heteroatoms. The highest BCUT2D eigenvalue weighted by Gasteiger charge is 2.21. The molecule has 122 valence electrons. The van der Waals surface area contributed by atoms with Crippen molar-refractivity contribution < 1.29 is 17.6 Å². The Bertz CT molecular complexity index is 820. The van der Waals surface area contributed by atoms with Crippen LogP contribution < -0.4 is 5.32 Å². The number of benzene rings is 2. The van der Waals surface area contributed by atoms with Gasteiger partial charge in [-0.3, -0.25) is 4.79 Å². The number of carbonyl (C=O) groups excluding carboxylic acids is 1. The summed E-state index contributed by atoms with van der Waals surface area (Å²) in [5.74, 6) is -1.22. The third kappa shape index (κ3) is 3.75. The van der Waals surface area contributed by atoms with E-state index in [2.05, 4.69) is 5.32 Å². The number of carbonyl (C=O) groups is 1. The molecule has 5 nitrogen and oxygen atoms in total. The summed E-state index contributed by atoms with van der Waals surface area (Å²) in [5, 5.41) is 2.55. The van der Waals surface area contributed by atoms with Crippen LogP contribution in [0.15, 0.2) is 53.4 Å².